The fraction of sp³-hybridized carbons (Fsp3) is 1.00. The van der Waals surface area contributed by atoms with Gasteiger partial charge in [0.25, 0.3) is 0 Å². The van der Waals surface area contributed by atoms with Gasteiger partial charge in [0.2, 0.25) is 0 Å². The monoisotopic (exact) mass is 254 g/mol. The van der Waals surface area contributed by atoms with Crippen molar-refractivity contribution < 1.29 is 17.9 Å². The van der Waals surface area contributed by atoms with E-state index in [9.17, 15) is 13.2 Å². The van der Waals surface area contributed by atoms with Crippen molar-refractivity contribution in [3.63, 3.8) is 0 Å². The molecule has 1 aliphatic heterocycles. The van der Waals surface area contributed by atoms with Gasteiger partial charge in [-0.15, -0.1) is 0 Å². The molecule has 0 bridgehead atoms. The van der Waals surface area contributed by atoms with Crippen molar-refractivity contribution >= 4 is 0 Å². The van der Waals surface area contributed by atoms with E-state index in [1.165, 1.54) is 0 Å². The van der Waals surface area contributed by atoms with Gasteiger partial charge in [0.05, 0.1) is 12.6 Å². The molecule has 0 aromatic rings. The molecule has 0 saturated carbocycles. The average molecular weight is 254 g/mol. The van der Waals surface area contributed by atoms with Crippen LogP contribution in [0.2, 0.25) is 0 Å². The smallest absolute Gasteiger partial charge is 0.380 e. The van der Waals surface area contributed by atoms with Gasteiger partial charge in [-0.2, -0.15) is 13.2 Å². The van der Waals surface area contributed by atoms with Crippen molar-refractivity contribution in [2.45, 2.75) is 25.6 Å². The lowest BCUT2D eigenvalue weighted by Gasteiger charge is -2.36. The third kappa shape index (κ3) is 5.70. The summed E-state index contributed by atoms with van der Waals surface area (Å²) in [6, 6.07) is 0. The summed E-state index contributed by atoms with van der Waals surface area (Å²) in [5.74, 6) is 0.527. The van der Waals surface area contributed by atoms with Gasteiger partial charge in [0.1, 0.15) is 0 Å². The highest BCUT2D eigenvalue weighted by atomic mass is 19.4. The van der Waals surface area contributed by atoms with Crippen LogP contribution in [0.15, 0.2) is 0 Å². The molecule has 0 aliphatic carbocycles. The molecule has 2 unspecified atom stereocenters. The highest BCUT2D eigenvalue weighted by Crippen LogP contribution is 2.18. The molecule has 1 aliphatic rings. The molecular weight excluding hydrogens is 233 g/mol. The Morgan fingerprint density at radius 2 is 2.12 bits per heavy atom. The minimum Gasteiger partial charge on any atom is -0.380 e. The molecule has 0 amide bonds. The summed E-state index contributed by atoms with van der Waals surface area (Å²) in [7, 11) is 1.69. The molecule has 0 radical (unpaired) electrons. The fourth-order valence-corrected chi connectivity index (χ4v) is 2.08. The third-order valence-corrected chi connectivity index (χ3v) is 3.21. The van der Waals surface area contributed by atoms with Crippen LogP contribution in [0.3, 0.4) is 0 Å². The lowest BCUT2D eigenvalue weighted by molar-refractivity contribution is -0.124. The first-order valence-corrected chi connectivity index (χ1v) is 5.95. The van der Waals surface area contributed by atoms with Crippen LogP contribution < -0.4 is 5.32 Å². The van der Waals surface area contributed by atoms with Crippen LogP contribution in [0.5, 0.6) is 0 Å². The highest BCUT2D eigenvalue weighted by molar-refractivity contribution is 4.78. The Kier molecular flexibility index (Phi) is 5.69. The zero-order valence-corrected chi connectivity index (χ0v) is 10.4. The molecule has 1 saturated heterocycles. The van der Waals surface area contributed by atoms with Crippen molar-refractivity contribution in [3.8, 4) is 0 Å². The Morgan fingerprint density at radius 3 is 2.71 bits per heavy atom. The standard InChI is InChI=1S/C11H21F3N2O/c1-9-3-5-16(7-10(9)17-2)6-4-15-8-11(12,13)14/h9-10,15H,3-8H2,1-2H3. The third-order valence-electron chi connectivity index (χ3n) is 3.21. The summed E-state index contributed by atoms with van der Waals surface area (Å²) < 4.78 is 41.0. The maximum absolute atomic E-state index is 11.9. The number of piperidine rings is 1. The van der Waals surface area contributed by atoms with E-state index < -0.39 is 12.7 Å². The quantitative estimate of drug-likeness (QED) is 0.752. The first-order chi connectivity index (χ1) is 7.92. The number of hydrogen-bond acceptors (Lipinski definition) is 3. The summed E-state index contributed by atoms with van der Waals surface area (Å²) in [6.07, 6.45) is -2.88. The van der Waals surface area contributed by atoms with E-state index in [0.717, 1.165) is 19.5 Å². The predicted octanol–water partition coefficient (Wildman–Crippen LogP) is 1.50. The Labute approximate surface area is 100 Å². The van der Waals surface area contributed by atoms with Crippen molar-refractivity contribution in [1.29, 1.82) is 0 Å². The second kappa shape index (κ2) is 6.56. The molecule has 1 heterocycles. The van der Waals surface area contributed by atoms with E-state index in [1.54, 1.807) is 7.11 Å². The summed E-state index contributed by atoms with van der Waals surface area (Å²) in [6.45, 7) is 3.99. The maximum Gasteiger partial charge on any atom is 0.401 e. The lowest BCUT2D eigenvalue weighted by Crippen LogP contribution is -2.46. The molecule has 1 fully saturated rings. The van der Waals surface area contributed by atoms with E-state index in [0.29, 0.717) is 19.0 Å². The molecule has 3 nitrogen and oxygen atoms in total. The number of hydrogen-bond donors (Lipinski definition) is 1. The van der Waals surface area contributed by atoms with Crippen LogP contribution in [0.1, 0.15) is 13.3 Å². The molecule has 102 valence electrons. The van der Waals surface area contributed by atoms with E-state index in [2.05, 4.69) is 17.1 Å². The summed E-state index contributed by atoms with van der Waals surface area (Å²) in [5, 5.41) is 2.41. The molecule has 1 rings (SSSR count). The first kappa shape index (κ1) is 14.7. The SMILES string of the molecule is COC1CN(CCNCC(F)(F)F)CCC1C. The zero-order chi connectivity index (χ0) is 12.9. The van der Waals surface area contributed by atoms with Gasteiger partial charge >= 0.3 is 6.18 Å². The largest absolute Gasteiger partial charge is 0.401 e. The molecule has 17 heavy (non-hydrogen) atoms. The first-order valence-electron chi connectivity index (χ1n) is 5.95. The molecular formula is C11H21F3N2O. The number of rotatable bonds is 5. The summed E-state index contributed by atoms with van der Waals surface area (Å²) in [4.78, 5) is 2.15. The number of nitrogens with one attached hydrogen (secondary N) is 1. The van der Waals surface area contributed by atoms with E-state index in [4.69, 9.17) is 4.74 Å². The van der Waals surface area contributed by atoms with Gasteiger partial charge in [0.15, 0.2) is 0 Å². The van der Waals surface area contributed by atoms with Crippen molar-refractivity contribution in [1.82, 2.24) is 10.2 Å². The van der Waals surface area contributed by atoms with Crippen LogP contribution in [-0.4, -0.2) is 57.0 Å². The number of likely N-dealkylation sites (tertiary alicyclic amines) is 1. The van der Waals surface area contributed by atoms with Crippen molar-refractivity contribution in [3.05, 3.63) is 0 Å². The van der Waals surface area contributed by atoms with Gasteiger partial charge in [-0.05, 0) is 18.9 Å². The number of nitrogens with zero attached hydrogens (tertiary/aromatic N) is 1. The van der Waals surface area contributed by atoms with Crippen LogP contribution >= 0.6 is 0 Å². The van der Waals surface area contributed by atoms with Crippen molar-refractivity contribution in [2.24, 2.45) is 5.92 Å². The molecule has 0 aromatic heterocycles. The summed E-state index contributed by atoms with van der Waals surface area (Å²) in [5.41, 5.74) is 0. The van der Waals surface area contributed by atoms with Crippen LogP contribution in [0.4, 0.5) is 13.2 Å². The Bertz CT molecular complexity index is 223. The highest BCUT2D eigenvalue weighted by Gasteiger charge is 2.27. The molecule has 2 atom stereocenters. The van der Waals surface area contributed by atoms with E-state index >= 15 is 0 Å². The normalized spacial score (nSPS) is 27.4. The maximum atomic E-state index is 11.9. The second-order valence-corrected chi connectivity index (χ2v) is 4.63. The van der Waals surface area contributed by atoms with Gasteiger partial charge in [-0.1, -0.05) is 6.92 Å². The number of ether oxygens (including phenoxy) is 1. The molecule has 0 aromatic carbocycles. The van der Waals surface area contributed by atoms with Crippen LogP contribution in [-0.2, 0) is 4.74 Å². The second-order valence-electron chi connectivity index (χ2n) is 4.63. The van der Waals surface area contributed by atoms with Crippen molar-refractivity contribution in [2.75, 3.05) is 39.8 Å². The van der Waals surface area contributed by atoms with E-state index in [1.807, 2.05) is 0 Å². The minimum absolute atomic E-state index is 0.200. The topological polar surface area (TPSA) is 24.5 Å². The minimum atomic E-state index is -4.12. The van der Waals surface area contributed by atoms with Gasteiger partial charge in [0, 0.05) is 26.7 Å². The fourth-order valence-electron chi connectivity index (χ4n) is 2.08. The Morgan fingerprint density at radius 1 is 1.41 bits per heavy atom. The Hall–Kier alpha value is -0.330. The average Bonchev–Trinajstić information content (AvgIpc) is 2.25. The number of methoxy groups -OCH3 is 1. The number of alkyl halides is 3. The van der Waals surface area contributed by atoms with E-state index in [-0.39, 0.29) is 6.10 Å². The van der Waals surface area contributed by atoms with Gasteiger partial charge in [-0.25, -0.2) is 0 Å². The molecule has 6 heteroatoms. The van der Waals surface area contributed by atoms with Gasteiger partial charge < -0.3 is 10.1 Å². The molecule has 0 spiro atoms. The van der Waals surface area contributed by atoms with Gasteiger partial charge in [-0.3, -0.25) is 4.90 Å². The molecule has 1 N–H and O–H groups in total. The predicted molar refractivity (Wildman–Crippen MR) is 59.9 cm³/mol. The van der Waals surface area contributed by atoms with Crippen LogP contribution in [0.25, 0.3) is 0 Å². The lowest BCUT2D eigenvalue weighted by atomic mass is 9.96. The summed E-state index contributed by atoms with van der Waals surface area (Å²) >= 11 is 0. The Balaban J connectivity index is 2.16. The number of halogens is 3. The van der Waals surface area contributed by atoms with Crippen LogP contribution in [0, 0.1) is 5.92 Å². The zero-order valence-electron chi connectivity index (χ0n) is 10.4.